The van der Waals surface area contributed by atoms with E-state index in [-0.39, 0.29) is 5.82 Å². The minimum absolute atomic E-state index is 0.162. The highest BCUT2D eigenvalue weighted by Crippen LogP contribution is 2.21. The van der Waals surface area contributed by atoms with Crippen LogP contribution in [-0.2, 0) is 25.7 Å². The van der Waals surface area contributed by atoms with Crippen molar-refractivity contribution < 1.29 is 4.39 Å². The Kier molecular flexibility index (Phi) is 8.68. The average molecular weight is 463 g/mol. The molecule has 4 aromatic carbocycles. The van der Waals surface area contributed by atoms with Gasteiger partial charge in [-0.05, 0) is 71.0 Å². The second-order valence-electron chi connectivity index (χ2n) is 9.51. The molecular weight excluding hydrogens is 427 g/mol. The zero-order valence-corrected chi connectivity index (χ0v) is 20.9. The SMILES string of the molecule is CCCc1ccc(CCc2ccc(C=Cc3ccc(C[C@H](C)c4ccccc4)cc3)c(F)c2)cc1. The number of rotatable bonds is 10. The first-order chi connectivity index (χ1) is 17.1. The Morgan fingerprint density at radius 1 is 0.657 bits per heavy atom. The van der Waals surface area contributed by atoms with Gasteiger partial charge in [0.2, 0.25) is 0 Å². The van der Waals surface area contributed by atoms with Crippen molar-refractivity contribution in [1.82, 2.24) is 0 Å². The Morgan fingerprint density at radius 3 is 1.91 bits per heavy atom. The summed E-state index contributed by atoms with van der Waals surface area (Å²) in [5.41, 5.74) is 8.10. The van der Waals surface area contributed by atoms with Gasteiger partial charge in [-0.15, -0.1) is 0 Å². The van der Waals surface area contributed by atoms with E-state index in [2.05, 4.69) is 92.7 Å². The zero-order valence-electron chi connectivity index (χ0n) is 20.9. The van der Waals surface area contributed by atoms with Gasteiger partial charge in [-0.3, -0.25) is 0 Å². The molecule has 0 spiro atoms. The third kappa shape index (κ3) is 7.26. The first-order valence-corrected chi connectivity index (χ1v) is 12.8. The first kappa shape index (κ1) is 24.7. The molecule has 0 aliphatic heterocycles. The van der Waals surface area contributed by atoms with Crippen molar-refractivity contribution in [2.75, 3.05) is 0 Å². The lowest BCUT2D eigenvalue weighted by molar-refractivity contribution is 0.622. The second kappa shape index (κ2) is 12.3. The summed E-state index contributed by atoms with van der Waals surface area (Å²) >= 11 is 0. The fourth-order valence-corrected chi connectivity index (χ4v) is 4.52. The molecular formula is C34H35F. The topological polar surface area (TPSA) is 0 Å². The molecule has 0 aliphatic carbocycles. The van der Waals surface area contributed by atoms with Gasteiger partial charge in [0.05, 0.1) is 0 Å². The Bertz CT molecular complexity index is 1220. The van der Waals surface area contributed by atoms with Crippen LogP contribution in [0, 0.1) is 5.82 Å². The predicted molar refractivity (Wildman–Crippen MR) is 148 cm³/mol. The van der Waals surface area contributed by atoms with E-state index in [1.807, 2.05) is 24.3 Å². The molecule has 0 radical (unpaired) electrons. The number of benzene rings is 4. The molecule has 0 aromatic heterocycles. The molecule has 178 valence electrons. The quantitative estimate of drug-likeness (QED) is 0.206. The molecule has 1 atom stereocenters. The van der Waals surface area contributed by atoms with Gasteiger partial charge in [0, 0.05) is 5.56 Å². The van der Waals surface area contributed by atoms with Crippen LogP contribution >= 0.6 is 0 Å². The third-order valence-corrected chi connectivity index (χ3v) is 6.67. The van der Waals surface area contributed by atoms with E-state index >= 15 is 0 Å². The van der Waals surface area contributed by atoms with Gasteiger partial charge in [0.25, 0.3) is 0 Å². The van der Waals surface area contributed by atoms with E-state index in [0.717, 1.165) is 36.8 Å². The van der Waals surface area contributed by atoms with Crippen molar-refractivity contribution in [3.8, 4) is 0 Å². The summed E-state index contributed by atoms with van der Waals surface area (Å²) in [6, 6.07) is 33.6. The van der Waals surface area contributed by atoms with E-state index in [9.17, 15) is 4.39 Å². The summed E-state index contributed by atoms with van der Waals surface area (Å²) < 4.78 is 14.7. The molecule has 1 heteroatoms. The van der Waals surface area contributed by atoms with Crippen LogP contribution in [0.1, 0.15) is 65.1 Å². The molecule has 0 saturated heterocycles. The number of hydrogen-bond acceptors (Lipinski definition) is 0. The fraction of sp³-hybridized carbons (Fsp3) is 0.235. The summed E-state index contributed by atoms with van der Waals surface area (Å²) in [5, 5.41) is 0. The van der Waals surface area contributed by atoms with Gasteiger partial charge in [0.15, 0.2) is 0 Å². The maximum absolute atomic E-state index is 14.7. The van der Waals surface area contributed by atoms with Crippen LogP contribution < -0.4 is 0 Å². The van der Waals surface area contributed by atoms with E-state index < -0.39 is 0 Å². The van der Waals surface area contributed by atoms with Crippen molar-refractivity contribution in [2.45, 2.75) is 51.9 Å². The van der Waals surface area contributed by atoms with Crippen LogP contribution in [0.2, 0.25) is 0 Å². The molecule has 0 unspecified atom stereocenters. The molecule has 0 N–H and O–H groups in total. The maximum atomic E-state index is 14.7. The van der Waals surface area contributed by atoms with Crippen molar-refractivity contribution in [1.29, 1.82) is 0 Å². The van der Waals surface area contributed by atoms with Crippen molar-refractivity contribution >= 4 is 12.2 Å². The largest absolute Gasteiger partial charge is 0.206 e. The Labute approximate surface area is 210 Å². The number of halogens is 1. The van der Waals surface area contributed by atoms with Crippen LogP contribution in [0.25, 0.3) is 12.2 Å². The minimum atomic E-state index is -0.162. The highest BCUT2D eigenvalue weighted by atomic mass is 19.1. The molecule has 4 rings (SSSR count). The van der Waals surface area contributed by atoms with Gasteiger partial charge in [-0.1, -0.05) is 123 Å². The molecule has 0 fully saturated rings. The fourth-order valence-electron chi connectivity index (χ4n) is 4.52. The summed E-state index contributed by atoms with van der Waals surface area (Å²) in [7, 11) is 0. The molecule has 0 amide bonds. The number of aryl methyl sites for hydroxylation is 3. The Hall–Kier alpha value is -3.45. The van der Waals surface area contributed by atoms with Crippen LogP contribution in [0.4, 0.5) is 4.39 Å². The lowest BCUT2D eigenvalue weighted by Crippen LogP contribution is -1.98. The maximum Gasteiger partial charge on any atom is 0.130 e. The molecule has 4 aromatic rings. The van der Waals surface area contributed by atoms with Crippen molar-refractivity contribution in [3.05, 3.63) is 142 Å². The first-order valence-electron chi connectivity index (χ1n) is 12.8. The van der Waals surface area contributed by atoms with Gasteiger partial charge in [-0.2, -0.15) is 0 Å². The predicted octanol–water partition coefficient (Wildman–Crippen LogP) is 9.08. The van der Waals surface area contributed by atoms with Crippen LogP contribution in [0.3, 0.4) is 0 Å². The summed E-state index contributed by atoms with van der Waals surface area (Å²) in [4.78, 5) is 0. The van der Waals surface area contributed by atoms with E-state index in [1.165, 1.54) is 28.7 Å². The van der Waals surface area contributed by atoms with Gasteiger partial charge < -0.3 is 0 Å². The lowest BCUT2D eigenvalue weighted by atomic mass is 9.93. The standard InChI is InChI=1S/C34H35F/c1-3-7-27-10-12-28(13-11-27)16-19-31-21-23-33(34(35)25-31)22-20-29-14-17-30(18-15-29)24-26(2)32-8-5-4-6-9-32/h4-6,8-15,17-18,20-23,25-26H,3,7,16,19,24H2,1-2H3/t26-/m0/s1. The molecule has 0 heterocycles. The minimum Gasteiger partial charge on any atom is -0.206 e. The highest BCUT2D eigenvalue weighted by Gasteiger charge is 2.06. The van der Waals surface area contributed by atoms with Crippen LogP contribution in [0.15, 0.2) is 97.1 Å². The van der Waals surface area contributed by atoms with Crippen LogP contribution in [0.5, 0.6) is 0 Å². The van der Waals surface area contributed by atoms with Crippen molar-refractivity contribution in [2.24, 2.45) is 0 Å². The molecule has 0 saturated carbocycles. The average Bonchev–Trinajstić information content (AvgIpc) is 2.89. The monoisotopic (exact) mass is 462 g/mol. The smallest absolute Gasteiger partial charge is 0.130 e. The van der Waals surface area contributed by atoms with Gasteiger partial charge in [0.1, 0.15) is 5.82 Å². The lowest BCUT2D eigenvalue weighted by Gasteiger charge is -2.12. The third-order valence-electron chi connectivity index (χ3n) is 6.67. The summed E-state index contributed by atoms with van der Waals surface area (Å²) in [6.07, 6.45) is 8.92. The van der Waals surface area contributed by atoms with E-state index in [0.29, 0.717) is 11.5 Å². The van der Waals surface area contributed by atoms with Gasteiger partial charge >= 0.3 is 0 Å². The van der Waals surface area contributed by atoms with E-state index in [1.54, 1.807) is 6.07 Å². The summed E-state index contributed by atoms with van der Waals surface area (Å²) in [6.45, 7) is 4.46. The highest BCUT2D eigenvalue weighted by molar-refractivity contribution is 5.70. The molecule has 0 bridgehead atoms. The molecule has 0 aliphatic rings. The number of hydrogen-bond donors (Lipinski definition) is 0. The normalized spacial score (nSPS) is 12.2. The molecule has 0 nitrogen and oxygen atoms in total. The Balaban J connectivity index is 1.32. The zero-order chi connectivity index (χ0) is 24.5. The second-order valence-corrected chi connectivity index (χ2v) is 9.51. The van der Waals surface area contributed by atoms with E-state index in [4.69, 9.17) is 0 Å². The van der Waals surface area contributed by atoms with Gasteiger partial charge in [-0.25, -0.2) is 4.39 Å². The molecule has 35 heavy (non-hydrogen) atoms. The van der Waals surface area contributed by atoms with Crippen LogP contribution in [-0.4, -0.2) is 0 Å². The Morgan fingerprint density at radius 2 is 1.26 bits per heavy atom. The summed E-state index contributed by atoms with van der Waals surface area (Å²) in [5.74, 6) is 0.316. The van der Waals surface area contributed by atoms with Crippen molar-refractivity contribution in [3.63, 3.8) is 0 Å².